The highest BCUT2D eigenvalue weighted by Crippen LogP contribution is 2.45. The van der Waals surface area contributed by atoms with Crippen molar-refractivity contribution < 1.29 is 27.9 Å². The van der Waals surface area contributed by atoms with Gasteiger partial charge in [-0.1, -0.05) is 0 Å². The fraction of sp³-hybridized carbons (Fsp3) is 0.727. The fourth-order valence-electron chi connectivity index (χ4n) is 2.61. The van der Waals surface area contributed by atoms with E-state index in [-0.39, 0.29) is 6.42 Å². The molecule has 0 radical (unpaired) electrons. The highest BCUT2D eigenvalue weighted by Gasteiger charge is 2.67. The smallest absolute Gasteiger partial charge is 0.325 e. The van der Waals surface area contributed by atoms with Crippen molar-refractivity contribution in [3.05, 3.63) is 0 Å². The molecule has 20 heavy (non-hydrogen) atoms. The number of carboxylic acid groups (broad SMARTS) is 1. The monoisotopic (exact) mass is 304 g/mol. The summed E-state index contributed by atoms with van der Waals surface area (Å²) in [6.45, 7) is 4.03. The predicted octanol–water partition coefficient (Wildman–Crippen LogP) is -1.29. The van der Waals surface area contributed by atoms with Gasteiger partial charge < -0.3 is 15.3 Å². The molecule has 0 saturated carbocycles. The summed E-state index contributed by atoms with van der Waals surface area (Å²) >= 11 is 0. The molecule has 2 N–H and O–H groups in total. The van der Waals surface area contributed by atoms with Crippen LogP contribution in [0.4, 0.5) is 0 Å². The second-order valence-electron chi connectivity index (χ2n) is 5.58. The third-order valence-corrected chi connectivity index (χ3v) is 6.75. The molecule has 2 aliphatic rings. The van der Waals surface area contributed by atoms with Crippen molar-refractivity contribution in [1.29, 1.82) is 0 Å². The molecule has 2 fully saturated rings. The molecule has 8 nitrogen and oxygen atoms in total. The van der Waals surface area contributed by atoms with Crippen LogP contribution in [0, 0.1) is 0 Å². The number of hydrogen-bond acceptors (Lipinski definition) is 5. The fourth-order valence-corrected chi connectivity index (χ4v) is 4.74. The minimum absolute atomic E-state index is 0.121. The van der Waals surface area contributed by atoms with Crippen LogP contribution in [-0.2, 0) is 24.2 Å². The summed E-state index contributed by atoms with van der Waals surface area (Å²) in [5.74, 6) is -2.40. The number of β-lactam (4-membered cyclic amide) rings is 1. The normalized spacial score (nSPS) is 31.1. The first-order chi connectivity index (χ1) is 9.01. The number of carboxylic acids is 1. The molecule has 0 aromatic rings. The predicted molar refractivity (Wildman–Crippen MR) is 67.3 cm³/mol. The van der Waals surface area contributed by atoms with E-state index in [9.17, 15) is 22.8 Å². The average molecular weight is 304 g/mol. The van der Waals surface area contributed by atoms with E-state index in [2.05, 4.69) is 5.32 Å². The second-order valence-corrected chi connectivity index (χ2v) is 8.27. The molecular formula is C11H16N2O6S. The Labute approximate surface area is 116 Å². The minimum atomic E-state index is -3.65. The van der Waals surface area contributed by atoms with Gasteiger partial charge in [0.1, 0.15) is 17.5 Å². The first-order valence-electron chi connectivity index (χ1n) is 6.09. The SMILES string of the molecule is CC(NC(=O)C1N2C(=O)CC2S(=O)(=O)C1(C)C)C(=O)O. The second kappa shape index (κ2) is 4.18. The zero-order chi connectivity index (χ0) is 15.5. The number of carbonyl (C=O) groups is 3. The maximum atomic E-state index is 12.3. The summed E-state index contributed by atoms with van der Waals surface area (Å²) in [5.41, 5.74) is 0. The highest BCUT2D eigenvalue weighted by atomic mass is 32.2. The highest BCUT2D eigenvalue weighted by molar-refractivity contribution is 7.93. The first kappa shape index (κ1) is 14.8. The van der Waals surface area contributed by atoms with Crippen LogP contribution in [0.2, 0.25) is 0 Å². The van der Waals surface area contributed by atoms with Crippen molar-refractivity contribution in [2.45, 2.75) is 49.4 Å². The van der Waals surface area contributed by atoms with Gasteiger partial charge in [0.25, 0.3) is 0 Å². The Kier molecular flexibility index (Phi) is 3.08. The molecule has 2 saturated heterocycles. The Balaban J connectivity index is 2.33. The van der Waals surface area contributed by atoms with Crippen LogP contribution < -0.4 is 5.32 Å². The van der Waals surface area contributed by atoms with E-state index in [1.54, 1.807) is 0 Å². The number of hydrogen-bond donors (Lipinski definition) is 2. The first-order valence-corrected chi connectivity index (χ1v) is 7.64. The largest absolute Gasteiger partial charge is 0.480 e. The quantitative estimate of drug-likeness (QED) is 0.626. The van der Waals surface area contributed by atoms with Crippen molar-refractivity contribution in [1.82, 2.24) is 10.2 Å². The molecule has 2 aliphatic heterocycles. The topological polar surface area (TPSA) is 121 Å². The molecule has 3 unspecified atom stereocenters. The molecule has 0 bridgehead atoms. The molecule has 0 spiro atoms. The molecule has 3 atom stereocenters. The molecule has 2 amide bonds. The third kappa shape index (κ3) is 1.72. The Morgan fingerprint density at radius 3 is 2.45 bits per heavy atom. The molecule has 9 heteroatoms. The van der Waals surface area contributed by atoms with Crippen molar-refractivity contribution in [3.8, 4) is 0 Å². The molecule has 0 aromatic carbocycles. The van der Waals surface area contributed by atoms with E-state index in [1.165, 1.54) is 20.8 Å². The standard InChI is InChI=1S/C11H16N2O6S/c1-5(10(16)17)12-9(15)8-11(2,3)20(18,19)7-4-6(14)13(7)8/h5,7-8H,4H2,1-3H3,(H,12,15)(H,16,17). The van der Waals surface area contributed by atoms with Crippen molar-refractivity contribution in [2.75, 3.05) is 0 Å². The van der Waals surface area contributed by atoms with Gasteiger partial charge in [-0.25, -0.2) is 8.42 Å². The Bertz CT molecular complexity index is 596. The zero-order valence-corrected chi connectivity index (χ0v) is 12.1. The van der Waals surface area contributed by atoms with Gasteiger partial charge >= 0.3 is 5.97 Å². The summed E-state index contributed by atoms with van der Waals surface area (Å²) in [6, 6.07) is -2.35. The van der Waals surface area contributed by atoms with Crippen LogP contribution in [0.3, 0.4) is 0 Å². The average Bonchev–Trinajstić information content (AvgIpc) is 2.42. The summed E-state index contributed by atoms with van der Waals surface area (Å²) in [7, 11) is -3.65. The molecule has 0 aromatic heterocycles. The number of nitrogens with one attached hydrogen (secondary N) is 1. The molecule has 2 heterocycles. The number of sulfone groups is 1. The number of carbonyl (C=O) groups excluding carboxylic acids is 2. The molecule has 112 valence electrons. The van der Waals surface area contributed by atoms with E-state index < -0.39 is 49.8 Å². The van der Waals surface area contributed by atoms with Crippen LogP contribution in [0.1, 0.15) is 27.2 Å². The number of rotatable bonds is 3. The van der Waals surface area contributed by atoms with Gasteiger partial charge in [0.15, 0.2) is 9.84 Å². The molecule has 2 rings (SSSR count). The lowest BCUT2D eigenvalue weighted by molar-refractivity contribution is -0.151. The number of aliphatic carboxylic acids is 1. The van der Waals surface area contributed by atoms with Gasteiger partial charge in [0.2, 0.25) is 11.8 Å². The van der Waals surface area contributed by atoms with Crippen LogP contribution >= 0.6 is 0 Å². The summed E-state index contributed by atoms with van der Waals surface area (Å²) < 4.78 is 23.1. The van der Waals surface area contributed by atoms with Crippen LogP contribution in [0.5, 0.6) is 0 Å². The summed E-state index contributed by atoms with van der Waals surface area (Å²) in [6.07, 6.45) is -0.121. The number of fused-ring (bicyclic) bond motifs is 1. The van der Waals surface area contributed by atoms with E-state index in [4.69, 9.17) is 5.11 Å². The van der Waals surface area contributed by atoms with Crippen molar-refractivity contribution in [3.63, 3.8) is 0 Å². The maximum absolute atomic E-state index is 12.3. The lowest BCUT2D eigenvalue weighted by Gasteiger charge is -2.36. The Morgan fingerprint density at radius 1 is 1.45 bits per heavy atom. The van der Waals surface area contributed by atoms with Gasteiger partial charge in [0, 0.05) is 0 Å². The maximum Gasteiger partial charge on any atom is 0.325 e. The Hall–Kier alpha value is -1.64. The summed E-state index contributed by atoms with van der Waals surface area (Å²) in [4.78, 5) is 35.5. The molecule has 0 aliphatic carbocycles. The summed E-state index contributed by atoms with van der Waals surface area (Å²) in [5, 5.41) is 10.0. The van der Waals surface area contributed by atoms with Gasteiger partial charge in [-0.15, -0.1) is 0 Å². The van der Waals surface area contributed by atoms with Crippen LogP contribution in [-0.4, -0.2) is 58.4 Å². The van der Waals surface area contributed by atoms with Gasteiger partial charge in [-0.05, 0) is 20.8 Å². The van der Waals surface area contributed by atoms with Crippen molar-refractivity contribution >= 4 is 27.6 Å². The van der Waals surface area contributed by atoms with E-state index in [0.29, 0.717) is 0 Å². The number of nitrogens with zero attached hydrogens (tertiary/aromatic N) is 1. The van der Waals surface area contributed by atoms with Gasteiger partial charge in [-0.3, -0.25) is 14.4 Å². The third-order valence-electron chi connectivity index (χ3n) is 3.95. The number of amides is 2. The Morgan fingerprint density at radius 2 is 2.00 bits per heavy atom. The van der Waals surface area contributed by atoms with E-state index >= 15 is 0 Å². The van der Waals surface area contributed by atoms with Crippen molar-refractivity contribution in [2.24, 2.45) is 0 Å². The molecular weight excluding hydrogens is 288 g/mol. The zero-order valence-electron chi connectivity index (χ0n) is 11.3. The van der Waals surface area contributed by atoms with E-state index in [1.807, 2.05) is 0 Å². The minimum Gasteiger partial charge on any atom is -0.480 e. The lowest BCUT2D eigenvalue weighted by atomic mass is 9.97. The van der Waals surface area contributed by atoms with Gasteiger partial charge in [-0.2, -0.15) is 0 Å². The van der Waals surface area contributed by atoms with Gasteiger partial charge in [0.05, 0.1) is 11.2 Å². The van der Waals surface area contributed by atoms with E-state index in [0.717, 1.165) is 4.90 Å². The lowest BCUT2D eigenvalue weighted by Crippen LogP contribution is -2.60. The van der Waals surface area contributed by atoms with Crippen LogP contribution in [0.15, 0.2) is 0 Å². The van der Waals surface area contributed by atoms with Crippen LogP contribution in [0.25, 0.3) is 0 Å².